The van der Waals surface area contributed by atoms with Crippen molar-refractivity contribution in [2.45, 2.75) is 18.7 Å². The van der Waals surface area contributed by atoms with Gasteiger partial charge in [-0.05, 0) is 56.3 Å². The van der Waals surface area contributed by atoms with Crippen LogP contribution in [0.1, 0.15) is 24.2 Å². The average molecular weight is 397 g/mol. The molecule has 2 N–H and O–H groups in total. The average Bonchev–Trinajstić information content (AvgIpc) is 2.56. The number of carbonyl (C=O) groups excluding carboxylic acids is 2. The molecule has 7 nitrogen and oxygen atoms in total. The summed E-state index contributed by atoms with van der Waals surface area (Å²) < 4.78 is 28.4. The number of amides is 2. The summed E-state index contributed by atoms with van der Waals surface area (Å²) in [4.78, 5) is 23.3. The predicted molar refractivity (Wildman–Crippen MR) is 99.7 cm³/mol. The summed E-state index contributed by atoms with van der Waals surface area (Å²) in [5, 5.41) is 5.11. The summed E-state index contributed by atoms with van der Waals surface area (Å²) in [5.74, 6) is 0.222. The zero-order valence-electron chi connectivity index (χ0n) is 14.1. The summed E-state index contributed by atoms with van der Waals surface area (Å²) in [7, 11) is 1.39. The number of ketones is 1. The highest BCUT2D eigenvalue weighted by Crippen LogP contribution is 2.29. The van der Waals surface area contributed by atoms with Gasteiger partial charge in [-0.2, -0.15) is 0 Å². The Morgan fingerprint density at radius 2 is 1.73 bits per heavy atom. The molecule has 0 atom stereocenters. The number of benzene rings is 2. The molecule has 0 aliphatic heterocycles. The maximum Gasteiger partial charge on any atom is 0.323 e. The first kappa shape index (κ1) is 19.7. The number of hydrogen-bond donors (Lipinski definition) is 2. The summed E-state index contributed by atoms with van der Waals surface area (Å²) in [6.45, 7) is 3.53. The summed E-state index contributed by atoms with van der Waals surface area (Å²) >= 11 is 0. The van der Waals surface area contributed by atoms with Crippen molar-refractivity contribution in [2.75, 3.05) is 17.2 Å². The first-order valence-electron chi connectivity index (χ1n) is 7.61. The van der Waals surface area contributed by atoms with Gasteiger partial charge in [0.1, 0.15) is 5.75 Å². The molecule has 0 saturated carbocycles. The van der Waals surface area contributed by atoms with Gasteiger partial charge in [0, 0.05) is 21.9 Å². The van der Waals surface area contributed by atoms with Crippen LogP contribution in [0.3, 0.4) is 0 Å². The number of carbonyl (C=O) groups is 2. The van der Waals surface area contributed by atoms with Crippen molar-refractivity contribution in [3.8, 4) is 5.75 Å². The van der Waals surface area contributed by atoms with E-state index in [9.17, 15) is 18.0 Å². The van der Waals surface area contributed by atoms with Crippen LogP contribution < -0.4 is 15.4 Å². The second kappa shape index (κ2) is 8.20. The molecule has 0 aliphatic carbocycles. The van der Waals surface area contributed by atoms with E-state index in [0.717, 1.165) is 0 Å². The maximum atomic E-state index is 12.2. The Morgan fingerprint density at radius 1 is 1.08 bits per heavy atom. The molecule has 26 heavy (non-hydrogen) atoms. The first-order valence-corrected chi connectivity index (χ1v) is 9.92. The quantitative estimate of drug-likeness (QED) is 0.570. The van der Waals surface area contributed by atoms with E-state index in [1.54, 1.807) is 31.2 Å². The van der Waals surface area contributed by atoms with Crippen molar-refractivity contribution in [1.82, 2.24) is 0 Å². The molecule has 2 amide bonds. The third kappa shape index (κ3) is 5.21. The van der Waals surface area contributed by atoms with Crippen LogP contribution >= 0.6 is 10.7 Å². The largest absolute Gasteiger partial charge is 0.492 e. The number of nitrogens with one attached hydrogen (secondary N) is 2. The number of anilines is 2. The van der Waals surface area contributed by atoms with Crippen LogP contribution in [0.4, 0.5) is 16.2 Å². The van der Waals surface area contributed by atoms with Gasteiger partial charge in [0.25, 0.3) is 9.05 Å². The lowest BCUT2D eigenvalue weighted by Crippen LogP contribution is -2.20. The van der Waals surface area contributed by atoms with Crippen LogP contribution in [0.15, 0.2) is 47.4 Å². The highest BCUT2D eigenvalue weighted by atomic mass is 35.7. The first-order chi connectivity index (χ1) is 12.2. The highest BCUT2D eigenvalue weighted by Gasteiger charge is 2.15. The van der Waals surface area contributed by atoms with Crippen LogP contribution in [-0.2, 0) is 9.05 Å². The summed E-state index contributed by atoms with van der Waals surface area (Å²) in [6.07, 6.45) is 0. The standard InChI is InChI=1S/C17H17ClN2O5S/c1-3-25-16-9-8-14(26(18,23)24)10-15(16)20-17(22)19-13-6-4-12(5-7-13)11(2)21/h4-10H,3H2,1-2H3,(H2,19,20,22). The van der Waals surface area contributed by atoms with Gasteiger partial charge in [0.05, 0.1) is 17.2 Å². The van der Waals surface area contributed by atoms with Gasteiger partial charge in [-0.25, -0.2) is 13.2 Å². The van der Waals surface area contributed by atoms with Crippen molar-refractivity contribution < 1.29 is 22.7 Å². The Morgan fingerprint density at radius 3 is 2.27 bits per heavy atom. The minimum absolute atomic E-state index is 0.0820. The van der Waals surface area contributed by atoms with Crippen molar-refractivity contribution in [3.63, 3.8) is 0 Å². The van der Waals surface area contributed by atoms with E-state index in [-0.39, 0.29) is 16.4 Å². The minimum Gasteiger partial charge on any atom is -0.492 e. The third-order valence-corrected chi connectivity index (χ3v) is 4.68. The third-order valence-electron chi connectivity index (χ3n) is 3.33. The van der Waals surface area contributed by atoms with Crippen LogP contribution in [0, 0.1) is 0 Å². The van der Waals surface area contributed by atoms with E-state index in [2.05, 4.69) is 10.6 Å². The smallest absolute Gasteiger partial charge is 0.323 e. The van der Waals surface area contributed by atoms with Crippen LogP contribution in [-0.4, -0.2) is 26.8 Å². The molecule has 2 aromatic rings. The maximum absolute atomic E-state index is 12.2. The highest BCUT2D eigenvalue weighted by molar-refractivity contribution is 8.13. The number of urea groups is 1. The van der Waals surface area contributed by atoms with Crippen LogP contribution in [0.25, 0.3) is 0 Å². The second-order valence-corrected chi connectivity index (χ2v) is 7.81. The fourth-order valence-corrected chi connectivity index (χ4v) is 2.89. The fourth-order valence-electron chi connectivity index (χ4n) is 2.11. The Balaban J connectivity index is 2.19. The lowest BCUT2D eigenvalue weighted by molar-refractivity contribution is 0.101. The molecule has 0 aliphatic rings. The van der Waals surface area contributed by atoms with E-state index >= 15 is 0 Å². The second-order valence-electron chi connectivity index (χ2n) is 5.24. The predicted octanol–water partition coefficient (Wildman–Crippen LogP) is 3.86. The fraction of sp³-hybridized carbons (Fsp3) is 0.176. The number of hydrogen-bond acceptors (Lipinski definition) is 5. The molecule has 0 fully saturated rings. The van der Waals surface area contributed by atoms with Gasteiger partial charge in [-0.1, -0.05) is 0 Å². The van der Waals surface area contributed by atoms with Crippen LogP contribution in [0.5, 0.6) is 5.75 Å². The molecule has 0 bridgehead atoms. The lowest BCUT2D eigenvalue weighted by atomic mass is 10.1. The van der Waals surface area contributed by atoms with Gasteiger partial charge >= 0.3 is 6.03 Å². The van der Waals surface area contributed by atoms with Gasteiger partial charge in [-0.15, -0.1) is 0 Å². The van der Waals surface area contributed by atoms with E-state index in [1.165, 1.54) is 25.1 Å². The van der Waals surface area contributed by atoms with E-state index in [1.807, 2.05) is 0 Å². The number of rotatable bonds is 6. The van der Waals surface area contributed by atoms with E-state index in [4.69, 9.17) is 15.4 Å². The van der Waals surface area contributed by atoms with E-state index < -0.39 is 15.1 Å². The zero-order valence-corrected chi connectivity index (χ0v) is 15.6. The number of halogens is 1. The molecule has 2 aromatic carbocycles. The van der Waals surface area contributed by atoms with Crippen molar-refractivity contribution >= 4 is 42.9 Å². The van der Waals surface area contributed by atoms with Crippen molar-refractivity contribution in [2.24, 2.45) is 0 Å². The monoisotopic (exact) mass is 396 g/mol. The molecule has 9 heteroatoms. The van der Waals surface area contributed by atoms with Crippen molar-refractivity contribution in [1.29, 1.82) is 0 Å². The van der Waals surface area contributed by atoms with Gasteiger partial charge in [0.15, 0.2) is 5.78 Å². The Labute approximate surface area is 155 Å². The number of Topliss-reactive ketones (excluding diaryl/α,β-unsaturated/α-hetero) is 1. The van der Waals surface area contributed by atoms with Crippen LogP contribution in [0.2, 0.25) is 0 Å². The molecule has 0 unspecified atom stereocenters. The van der Waals surface area contributed by atoms with Gasteiger partial charge in [-0.3, -0.25) is 4.79 Å². The molecule has 0 radical (unpaired) electrons. The molecular formula is C17H17ClN2O5S. The van der Waals surface area contributed by atoms with Crippen molar-refractivity contribution in [3.05, 3.63) is 48.0 Å². The Kier molecular flexibility index (Phi) is 6.23. The summed E-state index contributed by atoms with van der Waals surface area (Å²) in [5.41, 5.74) is 1.15. The summed E-state index contributed by atoms with van der Waals surface area (Å²) in [6, 6.07) is 9.65. The molecule has 0 saturated heterocycles. The lowest BCUT2D eigenvalue weighted by Gasteiger charge is -2.13. The molecule has 138 valence electrons. The Hall–Kier alpha value is -2.58. The minimum atomic E-state index is -3.95. The normalized spacial score (nSPS) is 10.9. The molecular weight excluding hydrogens is 380 g/mol. The molecule has 0 heterocycles. The molecule has 2 rings (SSSR count). The topological polar surface area (TPSA) is 102 Å². The van der Waals surface area contributed by atoms with Gasteiger partial charge in [0.2, 0.25) is 0 Å². The Bertz CT molecular complexity index is 927. The number of ether oxygens (including phenoxy) is 1. The van der Waals surface area contributed by atoms with E-state index in [0.29, 0.717) is 23.6 Å². The molecule has 0 aromatic heterocycles. The zero-order chi connectivity index (χ0) is 19.3. The van der Waals surface area contributed by atoms with Gasteiger partial charge < -0.3 is 15.4 Å². The SMILES string of the molecule is CCOc1ccc(S(=O)(=O)Cl)cc1NC(=O)Nc1ccc(C(C)=O)cc1. The molecule has 0 spiro atoms.